The summed E-state index contributed by atoms with van der Waals surface area (Å²) >= 11 is 0. The zero-order valence-electron chi connectivity index (χ0n) is 12.1. The zero-order chi connectivity index (χ0) is 14.2. The molecule has 0 bridgehead atoms. The Labute approximate surface area is 121 Å². The molecule has 0 aliphatic heterocycles. The van der Waals surface area contributed by atoms with E-state index in [0.29, 0.717) is 0 Å². The molecule has 0 aliphatic rings. The van der Waals surface area contributed by atoms with Crippen LogP contribution in [-0.2, 0) is 0 Å². The molecule has 0 saturated carbocycles. The van der Waals surface area contributed by atoms with Gasteiger partial charge in [0, 0.05) is 0 Å². The van der Waals surface area contributed by atoms with E-state index in [9.17, 15) is 0 Å². The Balaban J connectivity index is 2.16. The van der Waals surface area contributed by atoms with Crippen LogP contribution in [0.4, 0.5) is 0 Å². The molecule has 0 fully saturated rings. The molecular weight excluding hydrogens is 240 g/mol. The summed E-state index contributed by atoms with van der Waals surface area (Å²) in [7, 11) is 0. The monoisotopic (exact) mass is 260 g/mol. The van der Waals surface area contributed by atoms with E-state index in [4.69, 9.17) is 0 Å². The quantitative estimate of drug-likeness (QED) is 0.614. The van der Waals surface area contributed by atoms with Gasteiger partial charge >= 0.3 is 0 Å². The van der Waals surface area contributed by atoms with Crippen LogP contribution in [0.5, 0.6) is 0 Å². The number of hydrogen-bond acceptors (Lipinski definition) is 0. The first-order valence-electron chi connectivity index (χ1n) is 6.89. The summed E-state index contributed by atoms with van der Waals surface area (Å²) < 4.78 is 0. The molecule has 0 unspecified atom stereocenters. The minimum atomic E-state index is 1.22. The Hall–Kier alpha value is -2.34. The minimum Gasteiger partial charge on any atom is -0.0692 e. The van der Waals surface area contributed by atoms with Gasteiger partial charge in [0.25, 0.3) is 0 Å². The van der Waals surface area contributed by atoms with Gasteiger partial charge in [0.1, 0.15) is 0 Å². The van der Waals surface area contributed by atoms with Crippen LogP contribution in [0.25, 0.3) is 12.2 Å². The lowest BCUT2D eigenvalue weighted by Gasteiger charge is -1.99. The smallest absolute Gasteiger partial charge is 0.0256 e. The number of benzene rings is 2. The molecule has 0 radical (unpaired) electrons. The highest BCUT2D eigenvalue weighted by atomic mass is 14.0. The molecule has 0 heterocycles. The molecule has 0 atom stereocenters. The second-order valence-corrected chi connectivity index (χ2v) is 4.94. The normalized spacial score (nSPS) is 11.1. The van der Waals surface area contributed by atoms with Crippen molar-refractivity contribution in [3.8, 4) is 0 Å². The molecule has 2 rings (SSSR count). The van der Waals surface area contributed by atoms with E-state index in [0.717, 1.165) is 0 Å². The van der Waals surface area contributed by atoms with E-state index >= 15 is 0 Å². The molecule has 0 amide bonds. The van der Waals surface area contributed by atoms with Crippen LogP contribution in [0.15, 0.2) is 84.0 Å². The average Bonchev–Trinajstić information content (AvgIpc) is 2.49. The third-order valence-corrected chi connectivity index (χ3v) is 3.09. The maximum Gasteiger partial charge on any atom is -0.0256 e. The van der Waals surface area contributed by atoms with Crippen molar-refractivity contribution >= 4 is 12.2 Å². The van der Waals surface area contributed by atoms with E-state index in [2.05, 4.69) is 86.7 Å². The molecule has 2 aromatic rings. The van der Waals surface area contributed by atoms with E-state index in [1.54, 1.807) is 0 Å². The Kier molecular flexibility index (Phi) is 5.14. The van der Waals surface area contributed by atoms with Crippen molar-refractivity contribution in [2.24, 2.45) is 0 Å². The second-order valence-electron chi connectivity index (χ2n) is 4.94. The molecular formula is C20H20. The molecule has 0 aromatic heterocycles. The minimum absolute atomic E-state index is 1.22. The molecule has 0 N–H and O–H groups in total. The largest absolute Gasteiger partial charge is 0.0692 e. The first-order chi connectivity index (χ1) is 9.75. The van der Waals surface area contributed by atoms with Crippen LogP contribution in [0.2, 0.25) is 0 Å². The van der Waals surface area contributed by atoms with Gasteiger partial charge in [0.05, 0.1) is 0 Å². The van der Waals surface area contributed by atoms with Gasteiger partial charge < -0.3 is 0 Å². The Morgan fingerprint density at radius 3 is 1.40 bits per heavy atom. The first kappa shape index (κ1) is 14.1. The lowest BCUT2D eigenvalue weighted by atomic mass is 10.1. The standard InChI is InChI=1S/C20H20/c1-17(2)20(15-13-18-9-5-3-6-10-18)16-14-19-11-7-4-8-12-19/h3-16H,1-2H3. The maximum atomic E-state index is 2.17. The first-order valence-corrected chi connectivity index (χ1v) is 6.89. The predicted molar refractivity (Wildman–Crippen MR) is 89.3 cm³/mol. The number of rotatable bonds is 4. The SMILES string of the molecule is CC(C)=C(C=Cc1ccccc1)C=Cc1ccccc1. The van der Waals surface area contributed by atoms with Crippen LogP contribution in [0.1, 0.15) is 25.0 Å². The topological polar surface area (TPSA) is 0 Å². The Morgan fingerprint density at radius 2 is 1.05 bits per heavy atom. The van der Waals surface area contributed by atoms with E-state index in [1.807, 2.05) is 12.1 Å². The molecule has 0 spiro atoms. The molecule has 100 valence electrons. The molecule has 2 aromatic carbocycles. The van der Waals surface area contributed by atoms with Gasteiger partial charge in [0.15, 0.2) is 0 Å². The van der Waals surface area contributed by atoms with Gasteiger partial charge in [-0.05, 0) is 30.5 Å². The summed E-state index contributed by atoms with van der Waals surface area (Å²) in [6.45, 7) is 4.28. The van der Waals surface area contributed by atoms with Crippen molar-refractivity contribution in [2.45, 2.75) is 13.8 Å². The molecule has 0 heteroatoms. The summed E-state index contributed by atoms with van der Waals surface area (Å²) in [5, 5.41) is 0. The Morgan fingerprint density at radius 1 is 0.650 bits per heavy atom. The molecule has 20 heavy (non-hydrogen) atoms. The van der Waals surface area contributed by atoms with E-state index in [1.165, 1.54) is 22.3 Å². The fourth-order valence-electron chi connectivity index (χ4n) is 1.89. The lowest BCUT2D eigenvalue weighted by Crippen LogP contribution is -1.78. The van der Waals surface area contributed by atoms with Gasteiger partial charge in [-0.3, -0.25) is 0 Å². The predicted octanol–water partition coefficient (Wildman–Crippen LogP) is 5.75. The van der Waals surface area contributed by atoms with Crippen LogP contribution in [0, 0.1) is 0 Å². The van der Waals surface area contributed by atoms with Gasteiger partial charge in [-0.25, -0.2) is 0 Å². The van der Waals surface area contributed by atoms with Crippen molar-refractivity contribution in [1.82, 2.24) is 0 Å². The van der Waals surface area contributed by atoms with Crippen LogP contribution in [-0.4, -0.2) is 0 Å². The van der Waals surface area contributed by atoms with Crippen LogP contribution in [0.3, 0.4) is 0 Å². The third kappa shape index (κ3) is 4.40. The van der Waals surface area contributed by atoms with Crippen molar-refractivity contribution < 1.29 is 0 Å². The van der Waals surface area contributed by atoms with Gasteiger partial charge in [-0.15, -0.1) is 0 Å². The van der Waals surface area contributed by atoms with Crippen LogP contribution >= 0.6 is 0 Å². The summed E-state index contributed by atoms with van der Waals surface area (Å²) in [6, 6.07) is 20.7. The molecule has 0 aliphatic carbocycles. The summed E-state index contributed by atoms with van der Waals surface area (Å²) in [5.74, 6) is 0. The summed E-state index contributed by atoms with van der Waals surface area (Å²) in [5.41, 5.74) is 5.00. The van der Waals surface area contributed by atoms with Crippen molar-refractivity contribution in [2.75, 3.05) is 0 Å². The van der Waals surface area contributed by atoms with Crippen LogP contribution < -0.4 is 0 Å². The Bertz CT molecular complexity index is 558. The molecule has 0 saturated heterocycles. The fourth-order valence-corrected chi connectivity index (χ4v) is 1.89. The third-order valence-electron chi connectivity index (χ3n) is 3.09. The van der Waals surface area contributed by atoms with Crippen molar-refractivity contribution in [3.05, 3.63) is 95.1 Å². The average molecular weight is 260 g/mol. The number of hydrogen-bond donors (Lipinski definition) is 0. The summed E-state index contributed by atoms with van der Waals surface area (Å²) in [4.78, 5) is 0. The van der Waals surface area contributed by atoms with E-state index in [-0.39, 0.29) is 0 Å². The maximum absolute atomic E-state index is 2.17. The van der Waals surface area contributed by atoms with Gasteiger partial charge in [-0.1, -0.05) is 90.5 Å². The summed E-state index contributed by atoms with van der Waals surface area (Å²) in [6.07, 6.45) is 8.64. The van der Waals surface area contributed by atoms with Crippen molar-refractivity contribution in [1.29, 1.82) is 0 Å². The van der Waals surface area contributed by atoms with Gasteiger partial charge in [0.2, 0.25) is 0 Å². The highest BCUT2D eigenvalue weighted by molar-refractivity contribution is 5.60. The highest BCUT2D eigenvalue weighted by Gasteiger charge is 1.91. The molecule has 0 nitrogen and oxygen atoms in total. The fraction of sp³-hybridized carbons (Fsp3) is 0.100. The van der Waals surface area contributed by atoms with Crippen molar-refractivity contribution in [3.63, 3.8) is 0 Å². The number of allylic oxidation sites excluding steroid dienone is 4. The highest BCUT2D eigenvalue weighted by Crippen LogP contribution is 2.13. The van der Waals surface area contributed by atoms with E-state index < -0.39 is 0 Å². The second kappa shape index (κ2) is 7.30. The van der Waals surface area contributed by atoms with Gasteiger partial charge in [-0.2, -0.15) is 0 Å². The lowest BCUT2D eigenvalue weighted by molar-refractivity contribution is 1.35. The zero-order valence-corrected chi connectivity index (χ0v) is 12.1.